The second-order valence-electron chi connectivity index (χ2n) is 5.54. The first-order chi connectivity index (χ1) is 12.5. The fourth-order valence-electron chi connectivity index (χ4n) is 2.23. The molecule has 0 saturated heterocycles. The molecular formula is C18H16N3O5+. The zero-order chi connectivity index (χ0) is 18.5. The van der Waals surface area contributed by atoms with Gasteiger partial charge in [0, 0.05) is 18.2 Å². The van der Waals surface area contributed by atoms with Gasteiger partial charge in [-0.1, -0.05) is 0 Å². The summed E-state index contributed by atoms with van der Waals surface area (Å²) in [6, 6.07) is 12.6. The maximum Gasteiger partial charge on any atom is 0.374 e. The number of ether oxygens (including phenoxy) is 1. The van der Waals surface area contributed by atoms with Gasteiger partial charge in [0.15, 0.2) is 0 Å². The molecule has 0 atom stereocenters. The van der Waals surface area contributed by atoms with Crippen molar-refractivity contribution in [3.8, 4) is 5.75 Å². The molecule has 0 spiro atoms. The van der Waals surface area contributed by atoms with Crippen LogP contribution in [0.2, 0.25) is 0 Å². The van der Waals surface area contributed by atoms with Crippen molar-refractivity contribution >= 4 is 17.4 Å². The number of rotatable bonds is 6. The van der Waals surface area contributed by atoms with E-state index in [9.17, 15) is 14.9 Å². The summed E-state index contributed by atoms with van der Waals surface area (Å²) in [6.45, 7) is 2.02. The molecule has 0 bridgehead atoms. The van der Waals surface area contributed by atoms with Crippen LogP contribution in [0.5, 0.6) is 5.75 Å². The topological polar surface area (TPSA) is 109 Å². The number of H-pyrrole nitrogens is 1. The molecule has 1 amide bonds. The van der Waals surface area contributed by atoms with Crippen molar-refractivity contribution in [3.63, 3.8) is 0 Å². The van der Waals surface area contributed by atoms with Gasteiger partial charge in [0.2, 0.25) is 5.76 Å². The van der Waals surface area contributed by atoms with Gasteiger partial charge in [-0.05, 0) is 42.8 Å². The summed E-state index contributed by atoms with van der Waals surface area (Å²) in [7, 11) is 0. The molecule has 26 heavy (non-hydrogen) atoms. The Morgan fingerprint density at radius 1 is 1.23 bits per heavy atom. The summed E-state index contributed by atoms with van der Waals surface area (Å²) in [5, 5.41) is 13.3. The number of carbonyl (C=O) groups is 1. The number of aryl methyl sites for hydroxylation is 1. The predicted octanol–water partition coefficient (Wildman–Crippen LogP) is 3.14. The number of furan rings is 1. The molecule has 0 aliphatic rings. The molecule has 2 heterocycles. The van der Waals surface area contributed by atoms with Crippen molar-refractivity contribution in [1.29, 1.82) is 0 Å². The van der Waals surface area contributed by atoms with E-state index in [2.05, 4.69) is 10.3 Å². The molecule has 8 heteroatoms. The highest BCUT2D eigenvalue weighted by molar-refractivity contribution is 6.01. The van der Waals surface area contributed by atoms with E-state index < -0.39 is 4.92 Å². The number of hydrogen-bond acceptors (Lipinski definition) is 5. The lowest BCUT2D eigenvalue weighted by Crippen LogP contribution is -2.18. The molecule has 0 fully saturated rings. The van der Waals surface area contributed by atoms with Crippen LogP contribution in [0.25, 0.3) is 0 Å². The van der Waals surface area contributed by atoms with Crippen molar-refractivity contribution in [2.24, 2.45) is 0 Å². The van der Waals surface area contributed by atoms with E-state index in [0.717, 1.165) is 5.56 Å². The third-order valence-electron chi connectivity index (χ3n) is 3.52. The minimum atomic E-state index is -0.479. The molecule has 2 N–H and O–H groups in total. The molecule has 0 radical (unpaired) electrons. The number of anilines is 1. The van der Waals surface area contributed by atoms with Crippen LogP contribution in [0, 0.1) is 17.0 Å². The van der Waals surface area contributed by atoms with E-state index in [1.807, 2.05) is 13.0 Å². The van der Waals surface area contributed by atoms with E-state index in [1.165, 1.54) is 24.3 Å². The highest BCUT2D eigenvalue weighted by atomic mass is 16.6. The van der Waals surface area contributed by atoms with Crippen molar-refractivity contribution in [2.45, 2.75) is 13.5 Å². The maximum atomic E-state index is 12.2. The highest BCUT2D eigenvalue weighted by Gasteiger charge is 2.17. The highest BCUT2D eigenvalue weighted by Crippen LogP contribution is 2.19. The monoisotopic (exact) mass is 354 g/mol. The molecule has 3 rings (SSSR count). The van der Waals surface area contributed by atoms with Crippen LogP contribution in [0.3, 0.4) is 0 Å². The van der Waals surface area contributed by atoms with Gasteiger partial charge in [0.1, 0.15) is 18.1 Å². The number of nitro benzene ring substituents is 1. The number of nitrogens with zero attached hydrogens (tertiary/aromatic N) is 1. The van der Waals surface area contributed by atoms with Crippen molar-refractivity contribution < 1.29 is 23.9 Å². The number of nitro groups is 1. The van der Waals surface area contributed by atoms with E-state index in [-0.39, 0.29) is 24.0 Å². The average Bonchev–Trinajstić information content (AvgIpc) is 3.09. The molecule has 2 aromatic heterocycles. The van der Waals surface area contributed by atoms with E-state index in [0.29, 0.717) is 17.3 Å². The van der Waals surface area contributed by atoms with Gasteiger partial charge in [-0.15, -0.1) is 0 Å². The van der Waals surface area contributed by atoms with Gasteiger partial charge in [0.25, 0.3) is 11.5 Å². The number of benzene rings is 1. The first-order valence-electron chi connectivity index (χ1n) is 7.77. The van der Waals surface area contributed by atoms with E-state index >= 15 is 0 Å². The lowest BCUT2D eigenvalue weighted by Gasteiger charge is -2.03. The molecule has 0 aliphatic heterocycles. The normalized spacial score (nSPS) is 10.3. The largest absolute Gasteiger partial charge is 0.486 e. The van der Waals surface area contributed by atoms with Gasteiger partial charge in [-0.3, -0.25) is 10.1 Å². The van der Waals surface area contributed by atoms with Crippen molar-refractivity contribution in [1.82, 2.24) is 0 Å². The molecule has 0 saturated carbocycles. The Morgan fingerprint density at radius 2 is 2.00 bits per heavy atom. The van der Waals surface area contributed by atoms with Gasteiger partial charge in [-0.25, -0.2) is 15.1 Å². The fraction of sp³-hybridized carbons (Fsp3) is 0.111. The van der Waals surface area contributed by atoms with Gasteiger partial charge < -0.3 is 9.15 Å². The number of nitrogens with one attached hydrogen (secondary N) is 2. The number of non-ortho nitro benzene ring substituents is 1. The fourth-order valence-corrected chi connectivity index (χ4v) is 2.23. The minimum absolute atomic E-state index is 0.0118. The van der Waals surface area contributed by atoms with E-state index in [4.69, 9.17) is 9.15 Å². The van der Waals surface area contributed by atoms with Crippen LogP contribution in [0.4, 0.5) is 11.5 Å². The lowest BCUT2D eigenvalue weighted by molar-refractivity contribution is -0.384. The van der Waals surface area contributed by atoms with Crippen LogP contribution in [0.1, 0.15) is 21.9 Å². The summed E-state index contributed by atoms with van der Waals surface area (Å²) in [4.78, 5) is 25.3. The molecular weight excluding hydrogens is 338 g/mol. The number of hydrogen-bond donors (Lipinski definition) is 1. The van der Waals surface area contributed by atoms with Gasteiger partial charge in [0.05, 0.1) is 11.1 Å². The number of pyridine rings is 1. The summed E-state index contributed by atoms with van der Waals surface area (Å²) in [5.41, 5.74) is 0.998. The molecule has 132 valence electrons. The summed E-state index contributed by atoms with van der Waals surface area (Å²) in [5.74, 6) is 1.26. The van der Waals surface area contributed by atoms with Crippen molar-refractivity contribution in [2.75, 3.05) is 5.32 Å². The maximum absolute atomic E-state index is 12.2. The average molecular weight is 354 g/mol. The van der Waals surface area contributed by atoms with Gasteiger partial charge >= 0.3 is 5.91 Å². The van der Waals surface area contributed by atoms with Crippen LogP contribution in [-0.4, -0.2) is 10.8 Å². The first-order valence-corrected chi connectivity index (χ1v) is 7.77. The second-order valence-corrected chi connectivity index (χ2v) is 5.54. The van der Waals surface area contributed by atoms with Crippen LogP contribution >= 0.6 is 0 Å². The Labute approximate surface area is 148 Å². The Bertz CT molecular complexity index is 934. The van der Waals surface area contributed by atoms with Crippen LogP contribution in [0.15, 0.2) is 59.1 Å². The number of aromatic nitrogens is 1. The Hall–Kier alpha value is -3.68. The Balaban J connectivity index is 1.58. The summed E-state index contributed by atoms with van der Waals surface area (Å²) in [6.07, 6.45) is 1.73. The third-order valence-corrected chi connectivity index (χ3v) is 3.52. The van der Waals surface area contributed by atoms with Gasteiger partial charge in [-0.2, -0.15) is 0 Å². The number of aromatic amines is 1. The smallest absolute Gasteiger partial charge is 0.374 e. The minimum Gasteiger partial charge on any atom is -0.486 e. The second kappa shape index (κ2) is 7.47. The SMILES string of the molecule is Cc1cc[nH+]c(NC(=O)c2ccc(COc3ccc([N+](=O)[O-])cc3)o2)c1. The van der Waals surface area contributed by atoms with E-state index in [1.54, 1.807) is 24.4 Å². The third kappa shape index (κ3) is 4.23. The quantitative estimate of drug-likeness (QED) is 0.540. The van der Waals surface area contributed by atoms with Crippen LogP contribution in [-0.2, 0) is 6.61 Å². The summed E-state index contributed by atoms with van der Waals surface area (Å²) >= 11 is 0. The van der Waals surface area contributed by atoms with Crippen molar-refractivity contribution in [3.05, 3.63) is 81.9 Å². The number of carbonyl (C=O) groups excluding carboxylic acids is 1. The zero-order valence-electron chi connectivity index (χ0n) is 13.9. The predicted molar refractivity (Wildman–Crippen MR) is 91.8 cm³/mol. The molecule has 0 unspecified atom stereocenters. The Kier molecular flexibility index (Phi) is 4.93. The molecule has 1 aromatic carbocycles. The zero-order valence-corrected chi connectivity index (χ0v) is 13.9. The lowest BCUT2D eigenvalue weighted by atomic mass is 10.3. The standard InChI is InChI=1S/C18H15N3O5/c1-12-8-9-19-17(10-12)20-18(22)16-7-6-15(26-16)11-25-14-4-2-13(3-5-14)21(23)24/h2-10H,11H2,1H3,(H,19,20,22)/p+1. The first kappa shape index (κ1) is 17.2. The number of amides is 1. The molecule has 8 nitrogen and oxygen atoms in total. The van der Waals surface area contributed by atoms with Crippen LogP contribution < -0.4 is 15.0 Å². The Morgan fingerprint density at radius 3 is 2.69 bits per heavy atom. The molecule has 3 aromatic rings. The summed E-state index contributed by atoms with van der Waals surface area (Å²) < 4.78 is 11.0. The molecule has 0 aliphatic carbocycles.